The monoisotopic (exact) mass is 412 g/mol. The molecular weight excluding hydrogens is 384 g/mol. The lowest BCUT2D eigenvalue weighted by atomic mass is 10.0. The molecule has 160 valence electrons. The van der Waals surface area contributed by atoms with E-state index in [0.29, 0.717) is 29.4 Å². The summed E-state index contributed by atoms with van der Waals surface area (Å²) in [6, 6.07) is 11.3. The Hall–Kier alpha value is -2.88. The molecule has 3 rings (SSSR count). The lowest BCUT2D eigenvalue weighted by Gasteiger charge is -2.18. The molecule has 2 aromatic carbocycles. The first-order valence-electron chi connectivity index (χ1n) is 9.69. The maximum Gasteiger partial charge on any atom is 0.164 e. The van der Waals surface area contributed by atoms with Crippen molar-refractivity contribution in [3.05, 3.63) is 47.5 Å². The van der Waals surface area contributed by atoms with Gasteiger partial charge in [0.25, 0.3) is 0 Å². The van der Waals surface area contributed by atoms with Gasteiger partial charge in [-0.25, -0.2) is 0 Å². The summed E-state index contributed by atoms with van der Waals surface area (Å²) in [5, 5.41) is 0. The van der Waals surface area contributed by atoms with Gasteiger partial charge < -0.3 is 28.4 Å². The lowest BCUT2D eigenvalue weighted by molar-refractivity contribution is -0.146. The largest absolute Gasteiger partial charge is 0.493 e. The summed E-state index contributed by atoms with van der Waals surface area (Å²) >= 11 is 0. The number of ether oxygens (including phenoxy) is 6. The van der Waals surface area contributed by atoms with E-state index in [1.165, 1.54) is 0 Å². The van der Waals surface area contributed by atoms with Crippen molar-refractivity contribution in [1.82, 2.24) is 0 Å². The quantitative estimate of drug-likeness (QED) is 0.658. The van der Waals surface area contributed by atoms with Gasteiger partial charge in [0.2, 0.25) is 0 Å². The first kappa shape index (κ1) is 21.8. The van der Waals surface area contributed by atoms with Gasteiger partial charge in [-0.15, -0.1) is 0 Å². The smallest absolute Gasteiger partial charge is 0.164 e. The number of methoxy groups -OCH3 is 4. The van der Waals surface area contributed by atoms with Gasteiger partial charge in [-0.3, -0.25) is 0 Å². The Balaban J connectivity index is 1.81. The molecule has 1 saturated heterocycles. The van der Waals surface area contributed by atoms with Crippen LogP contribution in [0.4, 0.5) is 0 Å². The first-order chi connectivity index (χ1) is 14.4. The molecule has 0 aromatic heterocycles. The van der Waals surface area contributed by atoms with E-state index in [1.54, 1.807) is 28.4 Å². The maximum atomic E-state index is 6.17. The van der Waals surface area contributed by atoms with E-state index in [-0.39, 0.29) is 12.2 Å². The van der Waals surface area contributed by atoms with E-state index in [2.05, 4.69) is 11.8 Å². The molecule has 0 bridgehead atoms. The lowest BCUT2D eigenvalue weighted by Crippen LogP contribution is -2.21. The number of hydrogen-bond donors (Lipinski definition) is 0. The molecule has 0 amide bonds. The van der Waals surface area contributed by atoms with Gasteiger partial charge >= 0.3 is 0 Å². The average Bonchev–Trinajstić information content (AvgIpc) is 3.07. The summed E-state index contributed by atoms with van der Waals surface area (Å²) < 4.78 is 33.7. The van der Waals surface area contributed by atoms with E-state index < -0.39 is 5.79 Å². The summed E-state index contributed by atoms with van der Waals surface area (Å²) in [5.74, 6) is 8.33. The molecule has 2 atom stereocenters. The normalized spacial score (nSPS) is 19.5. The standard InChI is InChI=1S/C24H28O6/c1-24(2)29-20(9-7-8-16-10-12-18(25-3)21(14-16)27-5)23(30-24)17-11-13-19(26-4)22(15-17)28-6/h10-15,20,23H,9H2,1-6H3/t20-,23-/m1/s1. The Morgan fingerprint density at radius 3 is 2.03 bits per heavy atom. The van der Waals surface area contributed by atoms with Crippen LogP contribution in [0.5, 0.6) is 23.0 Å². The minimum Gasteiger partial charge on any atom is -0.493 e. The SMILES string of the molecule is COc1ccc(C#CC[C@H]2OC(C)(C)O[C@@H]2c2ccc(OC)c(OC)c2)cc1OC. The van der Waals surface area contributed by atoms with Gasteiger partial charge in [0, 0.05) is 12.0 Å². The first-order valence-corrected chi connectivity index (χ1v) is 9.69. The third kappa shape index (κ3) is 4.81. The van der Waals surface area contributed by atoms with Crippen LogP contribution in [0.2, 0.25) is 0 Å². The fourth-order valence-corrected chi connectivity index (χ4v) is 3.46. The van der Waals surface area contributed by atoms with Crippen LogP contribution >= 0.6 is 0 Å². The van der Waals surface area contributed by atoms with Crippen molar-refractivity contribution in [2.45, 2.75) is 38.3 Å². The molecular formula is C24H28O6. The summed E-state index contributed by atoms with van der Waals surface area (Å²) in [6.45, 7) is 3.81. The topological polar surface area (TPSA) is 55.4 Å². The highest BCUT2D eigenvalue weighted by Crippen LogP contribution is 2.41. The van der Waals surface area contributed by atoms with Gasteiger partial charge in [0.1, 0.15) is 12.2 Å². The van der Waals surface area contributed by atoms with Crippen LogP contribution in [-0.2, 0) is 9.47 Å². The molecule has 6 heteroatoms. The number of hydrogen-bond acceptors (Lipinski definition) is 6. The van der Waals surface area contributed by atoms with Crippen molar-refractivity contribution in [2.75, 3.05) is 28.4 Å². The Morgan fingerprint density at radius 1 is 0.800 bits per heavy atom. The van der Waals surface area contributed by atoms with Gasteiger partial charge in [-0.05, 0) is 49.7 Å². The van der Waals surface area contributed by atoms with Crippen LogP contribution in [0.3, 0.4) is 0 Å². The van der Waals surface area contributed by atoms with Crippen LogP contribution < -0.4 is 18.9 Å². The van der Waals surface area contributed by atoms with E-state index in [0.717, 1.165) is 11.1 Å². The third-order valence-electron chi connectivity index (χ3n) is 4.84. The second-order valence-corrected chi connectivity index (χ2v) is 7.28. The fraction of sp³-hybridized carbons (Fsp3) is 0.417. The summed E-state index contributed by atoms with van der Waals surface area (Å²) in [5.41, 5.74) is 1.80. The molecule has 1 aliphatic heterocycles. The predicted molar refractivity (Wildman–Crippen MR) is 113 cm³/mol. The molecule has 1 fully saturated rings. The molecule has 0 unspecified atom stereocenters. The minimum absolute atomic E-state index is 0.217. The zero-order valence-electron chi connectivity index (χ0n) is 18.3. The number of rotatable bonds is 6. The average molecular weight is 412 g/mol. The van der Waals surface area contributed by atoms with Crippen molar-refractivity contribution < 1.29 is 28.4 Å². The molecule has 0 radical (unpaired) electrons. The molecule has 0 spiro atoms. The zero-order chi connectivity index (χ0) is 21.7. The van der Waals surface area contributed by atoms with Crippen LogP contribution in [0.25, 0.3) is 0 Å². The van der Waals surface area contributed by atoms with Crippen LogP contribution in [0, 0.1) is 11.8 Å². The van der Waals surface area contributed by atoms with Crippen LogP contribution in [0.1, 0.15) is 37.5 Å². The van der Waals surface area contributed by atoms with Crippen molar-refractivity contribution >= 4 is 0 Å². The second kappa shape index (κ2) is 9.29. The molecule has 6 nitrogen and oxygen atoms in total. The van der Waals surface area contributed by atoms with Crippen LogP contribution in [-0.4, -0.2) is 40.3 Å². The molecule has 0 saturated carbocycles. The Bertz CT molecular complexity index is 940. The molecule has 1 aliphatic rings. The molecule has 1 heterocycles. The molecule has 30 heavy (non-hydrogen) atoms. The van der Waals surface area contributed by atoms with Gasteiger partial charge in [-0.2, -0.15) is 0 Å². The Kier molecular flexibility index (Phi) is 6.76. The zero-order valence-corrected chi connectivity index (χ0v) is 18.3. The third-order valence-corrected chi connectivity index (χ3v) is 4.84. The van der Waals surface area contributed by atoms with Crippen LogP contribution in [0.15, 0.2) is 36.4 Å². The van der Waals surface area contributed by atoms with Gasteiger partial charge in [0.05, 0.1) is 28.4 Å². The Morgan fingerprint density at radius 2 is 1.40 bits per heavy atom. The van der Waals surface area contributed by atoms with Crippen molar-refractivity contribution in [3.8, 4) is 34.8 Å². The summed E-state index contributed by atoms with van der Waals surface area (Å²) in [7, 11) is 6.44. The molecule has 2 aromatic rings. The van der Waals surface area contributed by atoms with E-state index >= 15 is 0 Å². The maximum absolute atomic E-state index is 6.17. The second-order valence-electron chi connectivity index (χ2n) is 7.28. The van der Waals surface area contributed by atoms with E-state index in [9.17, 15) is 0 Å². The van der Waals surface area contributed by atoms with Gasteiger partial charge in [0.15, 0.2) is 28.8 Å². The molecule has 0 N–H and O–H groups in total. The summed E-state index contributed by atoms with van der Waals surface area (Å²) in [4.78, 5) is 0. The van der Waals surface area contributed by atoms with E-state index in [4.69, 9.17) is 28.4 Å². The van der Waals surface area contributed by atoms with Crippen molar-refractivity contribution in [1.29, 1.82) is 0 Å². The highest BCUT2D eigenvalue weighted by molar-refractivity contribution is 5.48. The minimum atomic E-state index is -0.701. The Labute approximate surface area is 178 Å². The number of benzene rings is 2. The van der Waals surface area contributed by atoms with Gasteiger partial charge in [-0.1, -0.05) is 17.9 Å². The fourth-order valence-electron chi connectivity index (χ4n) is 3.46. The highest BCUT2D eigenvalue weighted by Gasteiger charge is 2.41. The summed E-state index contributed by atoms with van der Waals surface area (Å²) in [6.07, 6.45) is 0.0295. The van der Waals surface area contributed by atoms with E-state index in [1.807, 2.05) is 50.2 Å². The highest BCUT2D eigenvalue weighted by atomic mass is 16.7. The van der Waals surface area contributed by atoms with Crippen molar-refractivity contribution in [2.24, 2.45) is 0 Å². The predicted octanol–water partition coefficient (Wildman–Crippen LogP) is 4.36. The molecule has 0 aliphatic carbocycles. The van der Waals surface area contributed by atoms with Crippen molar-refractivity contribution in [3.63, 3.8) is 0 Å².